The van der Waals surface area contributed by atoms with Crippen LogP contribution in [0.1, 0.15) is 76.2 Å². The molecular weight excluding hydrogens is 352 g/mol. The van der Waals surface area contributed by atoms with E-state index < -0.39 is 17.5 Å². The van der Waals surface area contributed by atoms with Crippen molar-refractivity contribution in [2.75, 3.05) is 6.67 Å². The summed E-state index contributed by atoms with van der Waals surface area (Å²) in [5, 5.41) is 0. The molecule has 2 aliphatic carbocycles. The number of rotatable bonds is 7. The van der Waals surface area contributed by atoms with Crippen molar-refractivity contribution < 1.29 is 17.6 Å². The van der Waals surface area contributed by atoms with Crippen LogP contribution in [0.4, 0.5) is 17.6 Å². The van der Waals surface area contributed by atoms with Crippen molar-refractivity contribution in [3.63, 3.8) is 0 Å². The maximum atomic E-state index is 13.3. The second-order valence-electron chi connectivity index (χ2n) is 8.80. The maximum absolute atomic E-state index is 13.3. The molecule has 0 N–H and O–H groups in total. The number of benzene rings is 1. The lowest BCUT2D eigenvalue weighted by molar-refractivity contribution is 0.140. The summed E-state index contributed by atoms with van der Waals surface area (Å²) in [6.45, 7) is -0.179. The van der Waals surface area contributed by atoms with Gasteiger partial charge in [0, 0.05) is 0 Å². The molecule has 0 aromatic heterocycles. The van der Waals surface area contributed by atoms with Gasteiger partial charge in [0.05, 0.1) is 6.67 Å². The number of aryl methyl sites for hydroxylation is 1. The van der Waals surface area contributed by atoms with Gasteiger partial charge in [0.25, 0.3) is 0 Å². The second-order valence-corrected chi connectivity index (χ2v) is 8.80. The minimum Gasteiger partial charge on any atom is -0.251 e. The van der Waals surface area contributed by atoms with Crippen LogP contribution < -0.4 is 0 Å². The van der Waals surface area contributed by atoms with Crippen molar-refractivity contribution in [3.8, 4) is 0 Å². The highest BCUT2D eigenvalue weighted by Gasteiger charge is 2.30. The molecule has 3 rings (SSSR count). The van der Waals surface area contributed by atoms with Gasteiger partial charge < -0.3 is 0 Å². The number of hydrogen-bond acceptors (Lipinski definition) is 0. The van der Waals surface area contributed by atoms with Crippen molar-refractivity contribution in [3.05, 3.63) is 35.1 Å². The van der Waals surface area contributed by atoms with Gasteiger partial charge in [0.1, 0.15) is 0 Å². The van der Waals surface area contributed by atoms with Crippen LogP contribution in [0.5, 0.6) is 0 Å². The predicted octanol–water partition coefficient (Wildman–Crippen LogP) is 7.40. The Morgan fingerprint density at radius 3 is 1.67 bits per heavy atom. The molecule has 0 aliphatic heterocycles. The smallest absolute Gasteiger partial charge is 0.194 e. The quantitative estimate of drug-likeness (QED) is 0.339. The highest BCUT2D eigenvalue weighted by molar-refractivity contribution is 5.19. The summed E-state index contributed by atoms with van der Waals surface area (Å²) in [4.78, 5) is 0. The average Bonchev–Trinajstić information content (AvgIpc) is 2.69. The van der Waals surface area contributed by atoms with Crippen molar-refractivity contribution in [2.24, 2.45) is 23.7 Å². The van der Waals surface area contributed by atoms with E-state index in [1.165, 1.54) is 51.4 Å². The molecular formula is C23H32F4. The summed E-state index contributed by atoms with van der Waals surface area (Å²) in [5.74, 6) is -0.537. The molecule has 2 saturated carbocycles. The van der Waals surface area contributed by atoms with E-state index in [1.54, 1.807) is 0 Å². The van der Waals surface area contributed by atoms with E-state index in [0.29, 0.717) is 17.9 Å². The standard InChI is InChI=1S/C23H32F4/c24-13-1-2-16-5-9-19(10-6-16)20-11-7-17(8-12-20)3-4-18-14-21(25)23(27)22(26)15-18/h14-17,19-20H,1-13H2. The van der Waals surface area contributed by atoms with Gasteiger partial charge in [-0.1, -0.05) is 25.7 Å². The molecule has 0 unspecified atom stereocenters. The van der Waals surface area contributed by atoms with Crippen molar-refractivity contribution >= 4 is 0 Å². The fourth-order valence-corrected chi connectivity index (χ4v) is 5.39. The van der Waals surface area contributed by atoms with Gasteiger partial charge in [0.15, 0.2) is 17.5 Å². The highest BCUT2D eigenvalue weighted by atomic mass is 19.2. The summed E-state index contributed by atoms with van der Waals surface area (Å²) in [6.07, 6.45) is 13.4. The van der Waals surface area contributed by atoms with Crippen LogP contribution in [-0.4, -0.2) is 6.67 Å². The zero-order valence-electron chi connectivity index (χ0n) is 16.2. The topological polar surface area (TPSA) is 0 Å². The first-order valence-corrected chi connectivity index (χ1v) is 10.8. The summed E-state index contributed by atoms with van der Waals surface area (Å²) in [6, 6.07) is 2.26. The number of hydrogen-bond donors (Lipinski definition) is 0. The Hall–Kier alpha value is -1.06. The van der Waals surface area contributed by atoms with Gasteiger partial charge in [-0.05, 0) is 92.7 Å². The molecule has 2 fully saturated rings. The lowest BCUT2D eigenvalue weighted by Gasteiger charge is -2.38. The average molecular weight is 385 g/mol. The maximum Gasteiger partial charge on any atom is 0.194 e. The predicted molar refractivity (Wildman–Crippen MR) is 101 cm³/mol. The van der Waals surface area contributed by atoms with Gasteiger partial charge in [-0.3, -0.25) is 4.39 Å². The second kappa shape index (κ2) is 9.93. The van der Waals surface area contributed by atoms with E-state index in [4.69, 9.17) is 0 Å². The summed E-state index contributed by atoms with van der Waals surface area (Å²) in [5.41, 5.74) is 0.556. The molecule has 0 spiro atoms. The van der Waals surface area contributed by atoms with E-state index in [9.17, 15) is 17.6 Å². The van der Waals surface area contributed by atoms with Crippen LogP contribution in [0, 0.1) is 41.1 Å². The molecule has 0 heterocycles. The Morgan fingerprint density at radius 1 is 0.704 bits per heavy atom. The third-order valence-corrected chi connectivity index (χ3v) is 7.08. The Morgan fingerprint density at radius 2 is 1.19 bits per heavy atom. The summed E-state index contributed by atoms with van der Waals surface area (Å²) < 4.78 is 52.0. The van der Waals surface area contributed by atoms with Gasteiger partial charge in [0.2, 0.25) is 0 Å². The summed E-state index contributed by atoms with van der Waals surface area (Å²) in [7, 11) is 0. The van der Waals surface area contributed by atoms with Crippen LogP contribution in [0.25, 0.3) is 0 Å². The molecule has 0 saturated heterocycles. The van der Waals surface area contributed by atoms with Crippen molar-refractivity contribution in [2.45, 2.75) is 77.0 Å². The molecule has 4 heteroatoms. The van der Waals surface area contributed by atoms with Crippen LogP contribution in [-0.2, 0) is 6.42 Å². The monoisotopic (exact) mass is 384 g/mol. The van der Waals surface area contributed by atoms with Crippen molar-refractivity contribution in [1.29, 1.82) is 0 Å². The third-order valence-electron chi connectivity index (χ3n) is 7.08. The van der Waals surface area contributed by atoms with E-state index in [-0.39, 0.29) is 6.67 Å². The lowest BCUT2D eigenvalue weighted by atomic mass is 9.68. The first-order chi connectivity index (χ1) is 13.1. The first kappa shape index (κ1) is 20.7. The van der Waals surface area contributed by atoms with E-state index in [0.717, 1.165) is 49.1 Å². The minimum atomic E-state index is -1.38. The molecule has 0 bridgehead atoms. The molecule has 0 atom stereocenters. The first-order valence-electron chi connectivity index (χ1n) is 10.8. The molecule has 0 amide bonds. The third kappa shape index (κ3) is 5.71. The molecule has 0 radical (unpaired) electrons. The molecule has 152 valence electrons. The molecule has 1 aromatic rings. The Balaban J connectivity index is 1.38. The zero-order valence-corrected chi connectivity index (χ0v) is 16.2. The normalized spacial score (nSPS) is 29.0. The van der Waals surface area contributed by atoms with Gasteiger partial charge in [-0.2, -0.15) is 0 Å². The Bertz CT molecular complexity index is 561. The SMILES string of the molecule is FCCCC1CCC(C2CCC(CCc3cc(F)c(F)c(F)c3)CC2)CC1. The fourth-order valence-electron chi connectivity index (χ4n) is 5.39. The van der Waals surface area contributed by atoms with Crippen LogP contribution in [0.15, 0.2) is 12.1 Å². The van der Waals surface area contributed by atoms with E-state index >= 15 is 0 Å². The minimum absolute atomic E-state index is 0.179. The molecule has 0 nitrogen and oxygen atoms in total. The summed E-state index contributed by atoms with van der Waals surface area (Å²) >= 11 is 0. The van der Waals surface area contributed by atoms with Gasteiger partial charge in [-0.15, -0.1) is 0 Å². The Labute approximate surface area is 160 Å². The largest absolute Gasteiger partial charge is 0.251 e. The van der Waals surface area contributed by atoms with Gasteiger partial charge >= 0.3 is 0 Å². The fraction of sp³-hybridized carbons (Fsp3) is 0.739. The van der Waals surface area contributed by atoms with Crippen LogP contribution in [0.2, 0.25) is 0 Å². The van der Waals surface area contributed by atoms with Crippen LogP contribution >= 0.6 is 0 Å². The number of alkyl halides is 1. The highest BCUT2D eigenvalue weighted by Crippen LogP contribution is 2.43. The zero-order chi connectivity index (χ0) is 19.2. The molecule has 27 heavy (non-hydrogen) atoms. The van der Waals surface area contributed by atoms with E-state index in [1.807, 2.05) is 0 Å². The number of halogens is 4. The van der Waals surface area contributed by atoms with Gasteiger partial charge in [-0.25, -0.2) is 13.2 Å². The van der Waals surface area contributed by atoms with E-state index in [2.05, 4.69) is 0 Å². The van der Waals surface area contributed by atoms with Crippen molar-refractivity contribution in [1.82, 2.24) is 0 Å². The van der Waals surface area contributed by atoms with Crippen LogP contribution in [0.3, 0.4) is 0 Å². The lowest BCUT2D eigenvalue weighted by Crippen LogP contribution is -2.26. The molecule has 1 aromatic carbocycles. The Kier molecular flexibility index (Phi) is 7.60. The molecule has 2 aliphatic rings.